The summed E-state index contributed by atoms with van der Waals surface area (Å²) >= 11 is 0. The number of aliphatic hydroxyl groups is 1. The minimum absolute atomic E-state index is 0.245. The highest BCUT2D eigenvalue weighted by Crippen LogP contribution is 2.38. The van der Waals surface area contributed by atoms with Crippen molar-refractivity contribution in [3.05, 3.63) is 70.8 Å². The molecular weight excluding hydrogens is 288 g/mol. The van der Waals surface area contributed by atoms with Gasteiger partial charge < -0.3 is 9.84 Å². The van der Waals surface area contributed by atoms with E-state index in [1.807, 2.05) is 62.4 Å². The van der Waals surface area contributed by atoms with Crippen LogP contribution < -0.4 is 0 Å². The van der Waals surface area contributed by atoms with E-state index in [0.717, 1.165) is 16.7 Å². The SMILES string of the molecule is CC1(C)C=CC2=C(CC[C@@H]2O)C(C(=O)OCc2ccccc2)=C1. The molecule has 0 fully saturated rings. The maximum atomic E-state index is 12.6. The molecule has 2 aliphatic carbocycles. The van der Waals surface area contributed by atoms with Crippen molar-refractivity contribution in [2.24, 2.45) is 5.41 Å². The van der Waals surface area contributed by atoms with Crippen molar-refractivity contribution in [3.63, 3.8) is 0 Å². The van der Waals surface area contributed by atoms with Crippen LogP contribution in [0.15, 0.2) is 65.3 Å². The van der Waals surface area contributed by atoms with Crippen molar-refractivity contribution in [2.75, 3.05) is 0 Å². The van der Waals surface area contributed by atoms with Crippen molar-refractivity contribution in [3.8, 4) is 0 Å². The Morgan fingerprint density at radius 2 is 2.04 bits per heavy atom. The maximum Gasteiger partial charge on any atom is 0.338 e. The smallest absolute Gasteiger partial charge is 0.338 e. The predicted molar refractivity (Wildman–Crippen MR) is 89.5 cm³/mol. The maximum absolute atomic E-state index is 12.6. The fourth-order valence-electron chi connectivity index (χ4n) is 3.08. The second-order valence-corrected chi connectivity index (χ2v) is 6.76. The van der Waals surface area contributed by atoms with Gasteiger partial charge in [-0.05, 0) is 29.6 Å². The van der Waals surface area contributed by atoms with Crippen LogP contribution in [0, 0.1) is 5.41 Å². The third-order valence-corrected chi connectivity index (χ3v) is 4.34. The Labute approximate surface area is 137 Å². The molecule has 1 atom stereocenters. The number of carbonyl (C=O) groups is 1. The Balaban J connectivity index is 1.84. The van der Waals surface area contributed by atoms with Crippen LogP contribution in [0.1, 0.15) is 32.3 Å². The van der Waals surface area contributed by atoms with Gasteiger partial charge in [0.1, 0.15) is 6.61 Å². The molecule has 0 amide bonds. The van der Waals surface area contributed by atoms with E-state index in [2.05, 4.69) is 0 Å². The highest BCUT2D eigenvalue weighted by molar-refractivity contribution is 5.94. The standard InChI is InChI=1S/C20H22O3/c1-20(2)11-10-16-15(8-9-18(16)21)17(12-20)19(22)23-13-14-6-4-3-5-7-14/h3-7,10-12,18,21H,8-9,13H2,1-2H3/t18-/m0/s1. The van der Waals surface area contributed by atoms with Crippen LogP contribution in [0.3, 0.4) is 0 Å². The van der Waals surface area contributed by atoms with Crippen LogP contribution in [0.25, 0.3) is 0 Å². The van der Waals surface area contributed by atoms with Crippen molar-refractivity contribution < 1.29 is 14.6 Å². The molecule has 0 heterocycles. The third-order valence-electron chi connectivity index (χ3n) is 4.34. The van der Waals surface area contributed by atoms with Gasteiger partial charge in [0, 0.05) is 5.41 Å². The van der Waals surface area contributed by atoms with Gasteiger partial charge in [0.05, 0.1) is 11.7 Å². The molecule has 0 radical (unpaired) electrons. The van der Waals surface area contributed by atoms with E-state index >= 15 is 0 Å². The number of aliphatic hydroxyl groups excluding tert-OH is 1. The Kier molecular flexibility index (Phi) is 4.22. The van der Waals surface area contributed by atoms with Crippen molar-refractivity contribution in [1.29, 1.82) is 0 Å². The molecule has 0 saturated heterocycles. The minimum Gasteiger partial charge on any atom is -0.457 e. The summed E-state index contributed by atoms with van der Waals surface area (Å²) in [4.78, 5) is 12.6. The van der Waals surface area contributed by atoms with Gasteiger partial charge in [-0.1, -0.05) is 62.4 Å². The van der Waals surface area contributed by atoms with Gasteiger partial charge in [-0.2, -0.15) is 0 Å². The highest BCUT2D eigenvalue weighted by Gasteiger charge is 2.31. The number of ether oxygens (including phenoxy) is 1. The van der Waals surface area contributed by atoms with Crippen LogP contribution >= 0.6 is 0 Å². The zero-order chi connectivity index (χ0) is 16.4. The molecule has 1 N–H and O–H groups in total. The average Bonchev–Trinajstić information content (AvgIpc) is 2.83. The van der Waals surface area contributed by atoms with Gasteiger partial charge >= 0.3 is 5.97 Å². The lowest BCUT2D eigenvalue weighted by Crippen LogP contribution is -2.13. The first-order valence-electron chi connectivity index (χ1n) is 8.01. The Bertz CT molecular complexity index is 693. The van der Waals surface area contributed by atoms with Crippen molar-refractivity contribution in [2.45, 2.75) is 39.4 Å². The summed E-state index contributed by atoms with van der Waals surface area (Å²) in [6, 6.07) is 9.66. The lowest BCUT2D eigenvalue weighted by atomic mass is 9.89. The van der Waals surface area contributed by atoms with Gasteiger partial charge in [-0.15, -0.1) is 0 Å². The van der Waals surface area contributed by atoms with E-state index in [1.165, 1.54) is 0 Å². The van der Waals surface area contributed by atoms with Crippen LogP contribution in [0.5, 0.6) is 0 Å². The number of esters is 1. The van der Waals surface area contributed by atoms with E-state index < -0.39 is 6.10 Å². The second-order valence-electron chi connectivity index (χ2n) is 6.76. The zero-order valence-corrected chi connectivity index (χ0v) is 13.6. The first-order chi connectivity index (χ1) is 11.0. The summed E-state index contributed by atoms with van der Waals surface area (Å²) in [6.07, 6.45) is 6.84. The molecular formula is C20H22O3. The van der Waals surface area contributed by atoms with Crippen molar-refractivity contribution in [1.82, 2.24) is 0 Å². The second kappa shape index (κ2) is 6.17. The molecule has 0 aromatic heterocycles. The molecule has 0 aliphatic heterocycles. The summed E-state index contributed by atoms with van der Waals surface area (Å²) < 4.78 is 5.51. The molecule has 1 aromatic carbocycles. The lowest BCUT2D eigenvalue weighted by Gasteiger charge is -2.17. The molecule has 0 spiro atoms. The Morgan fingerprint density at radius 3 is 2.78 bits per heavy atom. The van der Waals surface area contributed by atoms with Crippen LogP contribution in [-0.4, -0.2) is 17.2 Å². The highest BCUT2D eigenvalue weighted by atomic mass is 16.5. The van der Waals surface area contributed by atoms with Crippen molar-refractivity contribution >= 4 is 5.97 Å². The molecule has 0 bridgehead atoms. The summed E-state index contributed by atoms with van der Waals surface area (Å²) in [5.74, 6) is -0.313. The number of benzene rings is 1. The normalized spacial score (nSPS) is 22.4. The molecule has 3 nitrogen and oxygen atoms in total. The number of rotatable bonds is 3. The molecule has 0 unspecified atom stereocenters. The lowest BCUT2D eigenvalue weighted by molar-refractivity contribution is -0.140. The quantitative estimate of drug-likeness (QED) is 0.866. The van der Waals surface area contributed by atoms with Gasteiger partial charge in [-0.3, -0.25) is 0 Å². The molecule has 0 saturated carbocycles. The van der Waals surface area contributed by atoms with E-state index in [-0.39, 0.29) is 18.0 Å². The fraction of sp³-hybridized carbons (Fsp3) is 0.350. The largest absolute Gasteiger partial charge is 0.457 e. The Hall–Kier alpha value is -2.13. The summed E-state index contributed by atoms with van der Waals surface area (Å²) in [5.41, 5.74) is 3.11. The third kappa shape index (κ3) is 3.45. The van der Waals surface area contributed by atoms with Crippen LogP contribution in [0.4, 0.5) is 0 Å². The summed E-state index contributed by atoms with van der Waals surface area (Å²) in [5, 5.41) is 10.1. The van der Waals surface area contributed by atoms with E-state index in [9.17, 15) is 9.90 Å². The molecule has 120 valence electrons. The minimum atomic E-state index is -0.486. The van der Waals surface area contributed by atoms with E-state index in [0.29, 0.717) is 18.4 Å². The Morgan fingerprint density at radius 1 is 1.30 bits per heavy atom. The molecule has 3 rings (SSSR count). The number of allylic oxidation sites excluding steroid dienone is 2. The zero-order valence-electron chi connectivity index (χ0n) is 13.6. The predicted octanol–water partition coefficient (Wildman–Crippen LogP) is 3.70. The number of carbonyl (C=O) groups excluding carboxylic acids is 1. The first kappa shape index (κ1) is 15.8. The molecule has 3 heteroatoms. The molecule has 23 heavy (non-hydrogen) atoms. The number of hydrogen-bond donors (Lipinski definition) is 1. The van der Waals surface area contributed by atoms with Crippen LogP contribution in [0.2, 0.25) is 0 Å². The summed E-state index contributed by atoms with van der Waals surface area (Å²) in [6.45, 7) is 4.35. The van der Waals surface area contributed by atoms with Gasteiger partial charge in [0.2, 0.25) is 0 Å². The molecule has 1 aromatic rings. The van der Waals surface area contributed by atoms with E-state index in [4.69, 9.17) is 4.74 Å². The first-order valence-corrected chi connectivity index (χ1v) is 8.01. The number of hydrogen-bond acceptors (Lipinski definition) is 3. The topological polar surface area (TPSA) is 46.5 Å². The van der Waals surface area contributed by atoms with Crippen LogP contribution in [-0.2, 0) is 16.1 Å². The van der Waals surface area contributed by atoms with Gasteiger partial charge in [0.15, 0.2) is 0 Å². The van der Waals surface area contributed by atoms with Gasteiger partial charge in [-0.25, -0.2) is 4.79 Å². The fourth-order valence-corrected chi connectivity index (χ4v) is 3.08. The van der Waals surface area contributed by atoms with Gasteiger partial charge in [0.25, 0.3) is 0 Å². The summed E-state index contributed by atoms with van der Waals surface area (Å²) in [7, 11) is 0. The average molecular weight is 310 g/mol. The van der Waals surface area contributed by atoms with E-state index in [1.54, 1.807) is 0 Å². The monoisotopic (exact) mass is 310 g/mol. The molecule has 2 aliphatic rings.